The number of nitriles is 2. The summed E-state index contributed by atoms with van der Waals surface area (Å²) in [5.41, 5.74) is -1.67. The first kappa shape index (κ1) is 23.2. The molecule has 0 fully saturated rings. The predicted octanol–water partition coefficient (Wildman–Crippen LogP) is 6.42. The molecular weight excluding hydrogens is 368 g/mol. The minimum Gasteiger partial charge on any atom is -0.241 e. The molecule has 0 aliphatic rings. The van der Waals surface area contributed by atoms with Gasteiger partial charge in [0.05, 0.1) is 28.7 Å². The molecule has 0 aliphatic heterocycles. The molecule has 2 aromatic rings. The topological polar surface area (TPSA) is 47.6 Å². The van der Waals surface area contributed by atoms with Crippen molar-refractivity contribution in [3.8, 4) is 12.1 Å². The van der Waals surface area contributed by atoms with Gasteiger partial charge in [0.25, 0.3) is 0 Å². The molecule has 0 spiro atoms. The van der Waals surface area contributed by atoms with Crippen LogP contribution < -0.4 is 0 Å². The Morgan fingerprint density at radius 1 is 0.821 bits per heavy atom. The van der Waals surface area contributed by atoms with Gasteiger partial charge in [-0.15, -0.1) is 0 Å². The fourth-order valence-corrected chi connectivity index (χ4v) is 2.28. The van der Waals surface area contributed by atoms with Gasteiger partial charge in [-0.2, -0.15) is 10.5 Å². The third-order valence-electron chi connectivity index (χ3n) is 4.19. The molecule has 1 atom stereocenters. The Hall–Kier alpha value is -2.86. The largest absolute Gasteiger partial charge is 0.247 e. The lowest BCUT2D eigenvalue weighted by molar-refractivity contribution is 0.0694. The van der Waals surface area contributed by atoms with Crippen LogP contribution in [-0.4, -0.2) is 12.1 Å². The SMILES string of the molecule is CC(C)(F)C(F)c1cccc(C#N)c1.CC(C)(c1cccc(C#N)c1)C(F)F. The summed E-state index contributed by atoms with van der Waals surface area (Å²) in [6, 6.07) is 16.1. The summed E-state index contributed by atoms with van der Waals surface area (Å²) in [6.07, 6.45) is -4.13. The van der Waals surface area contributed by atoms with Gasteiger partial charge in [-0.3, -0.25) is 0 Å². The number of rotatable bonds is 4. The van der Waals surface area contributed by atoms with Crippen LogP contribution in [0, 0.1) is 22.7 Å². The van der Waals surface area contributed by atoms with Gasteiger partial charge in [-0.1, -0.05) is 38.1 Å². The summed E-state index contributed by atoms with van der Waals surface area (Å²) in [4.78, 5) is 0. The summed E-state index contributed by atoms with van der Waals surface area (Å²) in [5, 5.41) is 17.2. The molecule has 0 heterocycles. The van der Waals surface area contributed by atoms with Gasteiger partial charge in [0.2, 0.25) is 6.43 Å². The Morgan fingerprint density at radius 2 is 1.32 bits per heavy atom. The highest BCUT2D eigenvalue weighted by Crippen LogP contribution is 2.32. The van der Waals surface area contributed by atoms with E-state index in [9.17, 15) is 17.6 Å². The van der Waals surface area contributed by atoms with Gasteiger partial charge in [0, 0.05) is 0 Å². The maximum absolute atomic E-state index is 13.5. The van der Waals surface area contributed by atoms with Crippen LogP contribution in [0.1, 0.15) is 56.1 Å². The number of hydrogen-bond acceptors (Lipinski definition) is 2. The molecule has 0 bridgehead atoms. The molecule has 2 nitrogen and oxygen atoms in total. The maximum atomic E-state index is 13.5. The van der Waals surface area contributed by atoms with E-state index in [1.807, 2.05) is 12.1 Å². The Labute approximate surface area is 163 Å². The fourth-order valence-electron chi connectivity index (χ4n) is 2.28. The van der Waals surface area contributed by atoms with Crippen LogP contribution in [0.3, 0.4) is 0 Å². The van der Waals surface area contributed by atoms with E-state index in [0.717, 1.165) is 0 Å². The molecule has 0 saturated heterocycles. The van der Waals surface area contributed by atoms with E-state index < -0.39 is 23.7 Å². The maximum Gasteiger partial charge on any atom is 0.247 e. The molecule has 0 radical (unpaired) electrons. The number of hydrogen-bond donors (Lipinski definition) is 0. The minimum atomic E-state index is -2.43. The quantitative estimate of drug-likeness (QED) is 0.566. The fraction of sp³-hybridized carbons (Fsp3) is 0.364. The summed E-state index contributed by atoms with van der Waals surface area (Å²) < 4.78 is 52.0. The van der Waals surface area contributed by atoms with Gasteiger partial charge < -0.3 is 0 Å². The molecule has 1 unspecified atom stereocenters. The lowest BCUT2D eigenvalue weighted by Gasteiger charge is -2.24. The minimum absolute atomic E-state index is 0.205. The average molecular weight is 390 g/mol. The molecule has 2 aromatic carbocycles. The molecule has 148 valence electrons. The Balaban J connectivity index is 0.000000280. The van der Waals surface area contributed by atoms with Gasteiger partial charge in [-0.25, -0.2) is 17.6 Å². The first-order chi connectivity index (χ1) is 12.9. The molecule has 6 heteroatoms. The number of alkyl halides is 4. The van der Waals surface area contributed by atoms with Crippen molar-refractivity contribution in [2.24, 2.45) is 0 Å². The number of benzene rings is 2. The van der Waals surface area contributed by atoms with Crippen LogP contribution in [0.25, 0.3) is 0 Å². The second-order valence-electron chi connectivity index (χ2n) is 7.38. The monoisotopic (exact) mass is 390 g/mol. The molecule has 0 aromatic heterocycles. The normalized spacial score (nSPS) is 12.4. The van der Waals surface area contributed by atoms with E-state index in [-0.39, 0.29) is 5.56 Å². The highest BCUT2D eigenvalue weighted by atomic mass is 19.3. The number of halogens is 4. The smallest absolute Gasteiger partial charge is 0.241 e. The average Bonchev–Trinajstić information content (AvgIpc) is 2.67. The van der Waals surface area contributed by atoms with E-state index in [2.05, 4.69) is 0 Å². The zero-order valence-electron chi connectivity index (χ0n) is 16.2. The van der Waals surface area contributed by atoms with Gasteiger partial charge in [0.1, 0.15) is 5.67 Å². The van der Waals surface area contributed by atoms with Crippen molar-refractivity contribution in [3.05, 3.63) is 70.8 Å². The zero-order valence-corrected chi connectivity index (χ0v) is 16.2. The van der Waals surface area contributed by atoms with E-state index in [1.54, 1.807) is 30.3 Å². The van der Waals surface area contributed by atoms with Crippen LogP contribution in [-0.2, 0) is 5.41 Å². The second-order valence-corrected chi connectivity index (χ2v) is 7.38. The van der Waals surface area contributed by atoms with Crippen molar-refractivity contribution >= 4 is 0 Å². The van der Waals surface area contributed by atoms with Crippen LogP contribution in [0.2, 0.25) is 0 Å². The zero-order chi connectivity index (χ0) is 21.5. The van der Waals surface area contributed by atoms with Crippen LogP contribution in [0.5, 0.6) is 0 Å². The molecule has 0 amide bonds. The summed E-state index contributed by atoms with van der Waals surface area (Å²) in [6.45, 7) is 5.29. The number of nitrogens with zero attached hydrogens (tertiary/aromatic N) is 2. The highest BCUT2D eigenvalue weighted by molar-refractivity contribution is 5.36. The van der Waals surface area contributed by atoms with E-state index in [4.69, 9.17) is 10.5 Å². The van der Waals surface area contributed by atoms with Crippen molar-refractivity contribution in [2.75, 3.05) is 0 Å². The summed E-state index contributed by atoms with van der Waals surface area (Å²) in [7, 11) is 0. The van der Waals surface area contributed by atoms with Crippen molar-refractivity contribution in [1.82, 2.24) is 0 Å². The van der Waals surface area contributed by atoms with Crippen LogP contribution in [0.4, 0.5) is 17.6 Å². The first-order valence-electron chi connectivity index (χ1n) is 8.55. The Kier molecular flexibility index (Phi) is 7.76. The van der Waals surface area contributed by atoms with Gasteiger partial charge >= 0.3 is 0 Å². The van der Waals surface area contributed by atoms with Crippen molar-refractivity contribution in [2.45, 2.75) is 51.4 Å². The lowest BCUT2D eigenvalue weighted by Crippen LogP contribution is -2.26. The Bertz CT molecular complexity index is 871. The van der Waals surface area contributed by atoms with Crippen LogP contribution >= 0.6 is 0 Å². The molecular formula is C22H22F4N2. The second kappa shape index (κ2) is 9.37. The van der Waals surface area contributed by atoms with E-state index in [1.165, 1.54) is 45.9 Å². The van der Waals surface area contributed by atoms with Crippen molar-refractivity contribution < 1.29 is 17.6 Å². The molecule has 0 saturated carbocycles. The molecule has 0 N–H and O–H groups in total. The standard InChI is InChI=1S/2C11H11F2N/c1-11(2,10(12)13)9-5-3-4-8(6-9)7-14;1-11(2,13)10(12)9-5-3-4-8(6-9)7-14/h2*3-6,10H,1-2H3. The molecule has 2 rings (SSSR count). The molecule has 0 aliphatic carbocycles. The highest BCUT2D eigenvalue weighted by Gasteiger charge is 2.31. The van der Waals surface area contributed by atoms with Crippen LogP contribution in [0.15, 0.2) is 48.5 Å². The van der Waals surface area contributed by atoms with Crippen molar-refractivity contribution in [1.29, 1.82) is 10.5 Å². The first-order valence-corrected chi connectivity index (χ1v) is 8.55. The van der Waals surface area contributed by atoms with Gasteiger partial charge in [-0.05, 0) is 49.2 Å². The van der Waals surface area contributed by atoms with E-state index >= 15 is 0 Å². The van der Waals surface area contributed by atoms with Crippen molar-refractivity contribution in [3.63, 3.8) is 0 Å². The molecule has 28 heavy (non-hydrogen) atoms. The Morgan fingerprint density at radius 3 is 1.79 bits per heavy atom. The van der Waals surface area contributed by atoms with Gasteiger partial charge in [0.15, 0.2) is 6.17 Å². The predicted molar refractivity (Wildman–Crippen MR) is 100 cm³/mol. The summed E-state index contributed by atoms with van der Waals surface area (Å²) in [5.74, 6) is 0. The van der Waals surface area contributed by atoms with E-state index in [0.29, 0.717) is 16.7 Å². The third-order valence-corrected chi connectivity index (χ3v) is 4.19. The third kappa shape index (κ3) is 6.09. The lowest BCUT2D eigenvalue weighted by atomic mass is 9.84. The summed E-state index contributed by atoms with van der Waals surface area (Å²) >= 11 is 0.